The summed E-state index contributed by atoms with van der Waals surface area (Å²) < 4.78 is 15.3. The zero-order valence-electron chi connectivity index (χ0n) is 22.0. The third kappa shape index (κ3) is 4.42. The summed E-state index contributed by atoms with van der Waals surface area (Å²) in [5.74, 6) is 1.70. The molecule has 0 aliphatic rings. The van der Waals surface area contributed by atoms with Gasteiger partial charge in [-0.25, -0.2) is 4.68 Å². The first-order valence-corrected chi connectivity index (χ1v) is 13.8. The molecule has 4 aromatic heterocycles. The minimum absolute atomic E-state index is 0.246. The van der Waals surface area contributed by atoms with Crippen molar-refractivity contribution in [3.8, 4) is 34.3 Å². The van der Waals surface area contributed by atoms with Crippen LogP contribution < -0.4 is 14.8 Å². The van der Waals surface area contributed by atoms with Gasteiger partial charge in [-0.05, 0) is 55.5 Å². The van der Waals surface area contributed by atoms with E-state index in [2.05, 4.69) is 16.7 Å². The van der Waals surface area contributed by atoms with Crippen LogP contribution >= 0.6 is 11.3 Å². The molecule has 4 heterocycles. The Morgan fingerprint density at radius 2 is 1.78 bits per heavy atom. The molecule has 3 aromatic carbocycles. The van der Waals surface area contributed by atoms with Crippen molar-refractivity contribution in [3.63, 3.8) is 0 Å². The second-order valence-corrected chi connectivity index (χ2v) is 10.4. The summed E-state index contributed by atoms with van der Waals surface area (Å²) in [4.78, 5) is 18.6. The number of para-hydroxylation sites is 2. The Hall–Kier alpha value is -5.28. The lowest BCUT2D eigenvalue weighted by molar-refractivity contribution is 0.363. The van der Waals surface area contributed by atoms with E-state index < -0.39 is 0 Å². The number of fused-ring (bicyclic) bond motifs is 2. The summed E-state index contributed by atoms with van der Waals surface area (Å²) in [6.45, 7) is 6.09. The van der Waals surface area contributed by atoms with Gasteiger partial charge in [0.15, 0.2) is 5.76 Å². The van der Waals surface area contributed by atoms with E-state index >= 15 is 0 Å². The van der Waals surface area contributed by atoms with Crippen LogP contribution in [0.5, 0.6) is 5.75 Å². The lowest BCUT2D eigenvalue weighted by atomic mass is 10.1. The fraction of sp³-hybridized carbons (Fsp3) is 0.0625. The van der Waals surface area contributed by atoms with Gasteiger partial charge in [-0.15, -0.1) is 5.10 Å². The summed E-state index contributed by atoms with van der Waals surface area (Å²) in [5, 5.41) is 10.4. The van der Waals surface area contributed by atoms with E-state index in [0.717, 1.165) is 44.8 Å². The molecule has 0 bridgehead atoms. The number of thiazole rings is 1. The standard InChI is InChI=1S/C32H23N5O3S/c1-3-17-39-24-15-13-21(14-16-24)28-22(19-36(34-28)23-9-5-4-6-10-23)18-27-31(38)37-32(41-27)33-30(35-37)29-20(2)25-11-7-8-12-26(25)40-29/h3-16,18-19H,1,17H2,2H3. The van der Waals surface area contributed by atoms with E-state index in [1.165, 1.54) is 15.9 Å². The van der Waals surface area contributed by atoms with Crippen molar-refractivity contribution in [2.75, 3.05) is 6.61 Å². The second-order valence-electron chi connectivity index (χ2n) is 9.44. The molecule has 0 saturated heterocycles. The Morgan fingerprint density at radius 1 is 1.00 bits per heavy atom. The van der Waals surface area contributed by atoms with Gasteiger partial charge in [0, 0.05) is 28.3 Å². The molecule has 0 aliphatic carbocycles. The van der Waals surface area contributed by atoms with Gasteiger partial charge >= 0.3 is 0 Å². The number of aromatic nitrogens is 5. The maximum atomic E-state index is 13.5. The van der Waals surface area contributed by atoms with E-state index in [1.54, 1.807) is 6.08 Å². The van der Waals surface area contributed by atoms with Crippen LogP contribution in [0.15, 0.2) is 107 Å². The zero-order chi connectivity index (χ0) is 27.9. The molecule has 9 heteroatoms. The van der Waals surface area contributed by atoms with Gasteiger partial charge in [-0.2, -0.15) is 14.6 Å². The largest absolute Gasteiger partial charge is 0.490 e. The molecule has 7 rings (SSSR count). The average Bonchev–Trinajstić information content (AvgIpc) is 3.77. The molecular weight excluding hydrogens is 534 g/mol. The highest BCUT2D eigenvalue weighted by atomic mass is 32.1. The normalized spacial score (nSPS) is 12.0. The first kappa shape index (κ1) is 24.7. The average molecular weight is 558 g/mol. The molecule has 0 spiro atoms. The van der Waals surface area contributed by atoms with Crippen LogP contribution in [0.4, 0.5) is 0 Å². The fourth-order valence-electron chi connectivity index (χ4n) is 4.75. The first-order valence-electron chi connectivity index (χ1n) is 13.0. The topological polar surface area (TPSA) is 87.4 Å². The molecule has 41 heavy (non-hydrogen) atoms. The van der Waals surface area contributed by atoms with Crippen LogP contribution in [0.1, 0.15) is 11.1 Å². The molecule has 0 N–H and O–H groups in total. The second kappa shape index (κ2) is 10.0. The highest BCUT2D eigenvalue weighted by Gasteiger charge is 2.19. The first-order chi connectivity index (χ1) is 20.1. The summed E-state index contributed by atoms with van der Waals surface area (Å²) in [5.41, 5.74) is 4.80. The summed E-state index contributed by atoms with van der Waals surface area (Å²) >= 11 is 1.28. The van der Waals surface area contributed by atoms with Crippen molar-refractivity contribution < 1.29 is 9.15 Å². The number of nitrogens with zero attached hydrogens (tertiary/aromatic N) is 5. The zero-order valence-corrected chi connectivity index (χ0v) is 22.8. The van der Waals surface area contributed by atoms with Gasteiger partial charge in [0.1, 0.15) is 23.6 Å². The van der Waals surface area contributed by atoms with Gasteiger partial charge in [0.2, 0.25) is 10.8 Å². The molecule has 0 fully saturated rings. The molecule has 0 unspecified atom stereocenters. The highest BCUT2D eigenvalue weighted by molar-refractivity contribution is 7.15. The summed E-state index contributed by atoms with van der Waals surface area (Å²) in [6, 6.07) is 25.3. The quantitative estimate of drug-likeness (QED) is 0.229. The number of furan rings is 1. The minimum atomic E-state index is -0.246. The van der Waals surface area contributed by atoms with Crippen molar-refractivity contribution in [2.45, 2.75) is 6.92 Å². The van der Waals surface area contributed by atoms with E-state index in [0.29, 0.717) is 27.7 Å². The van der Waals surface area contributed by atoms with E-state index in [-0.39, 0.29) is 5.56 Å². The molecular formula is C32H23N5O3S. The van der Waals surface area contributed by atoms with Gasteiger partial charge in [-0.3, -0.25) is 4.79 Å². The maximum absolute atomic E-state index is 13.5. The van der Waals surface area contributed by atoms with Crippen molar-refractivity contribution in [1.29, 1.82) is 0 Å². The predicted molar refractivity (Wildman–Crippen MR) is 161 cm³/mol. The third-order valence-electron chi connectivity index (χ3n) is 6.77. The van der Waals surface area contributed by atoms with Gasteiger partial charge in [-0.1, -0.05) is 60.4 Å². The molecule has 0 aliphatic heterocycles. The van der Waals surface area contributed by atoms with Crippen molar-refractivity contribution in [3.05, 3.63) is 124 Å². The van der Waals surface area contributed by atoms with Crippen molar-refractivity contribution in [1.82, 2.24) is 24.4 Å². The van der Waals surface area contributed by atoms with Crippen molar-refractivity contribution >= 4 is 33.3 Å². The van der Waals surface area contributed by atoms with Crippen LogP contribution in [0.25, 0.3) is 50.5 Å². The molecule has 0 amide bonds. The molecule has 200 valence electrons. The molecule has 0 saturated carbocycles. The molecule has 0 radical (unpaired) electrons. The fourth-order valence-corrected chi connectivity index (χ4v) is 5.65. The van der Waals surface area contributed by atoms with E-state index in [9.17, 15) is 4.79 Å². The van der Waals surface area contributed by atoms with Crippen LogP contribution in [-0.2, 0) is 0 Å². The van der Waals surface area contributed by atoms with Gasteiger partial charge < -0.3 is 9.15 Å². The van der Waals surface area contributed by atoms with Crippen LogP contribution in [0.3, 0.4) is 0 Å². The van der Waals surface area contributed by atoms with Gasteiger partial charge in [0.05, 0.1) is 10.2 Å². The number of hydrogen-bond acceptors (Lipinski definition) is 7. The van der Waals surface area contributed by atoms with E-state index in [4.69, 9.17) is 14.3 Å². The Balaban J connectivity index is 1.32. The van der Waals surface area contributed by atoms with Crippen LogP contribution in [-0.4, -0.2) is 31.0 Å². The highest BCUT2D eigenvalue weighted by Crippen LogP contribution is 2.31. The molecule has 0 atom stereocenters. The van der Waals surface area contributed by atoms with Gasteiger partial charge in [0.25, 0.3) is 5.56 Å². The molecule has 7 aromatic rings. The molecule has 8 nitrogen and oxygen atoms in total. The van der Waals surface area contributed by atoms with Crippen LogP contribution in [0.2, 0.25) is 0 Å². The maximum Gasteiger partial charge on any atom is 0.291 e. The number of benzene rings is 3. The van der Waals surface area contributed by atoms with E-state index in [1.807, 2.05) is 103 Å². The van der Waals surface area contributed by atoms with Crippen LogP contribution in [0, 0.1) is 6.92 Å². The number of rotatable bonds is 7. The number of hydrogen-bond donors (Lipinski definition) is 0. The smallest absolute Gasteiger partial charge is 0.291 e. The Kier molecular flexibility index (Phi) is 6.06. The Labute approximate surface area is 238 Å². The number of ether oxygens (including phenoxy) is 1. The number of aryl methyl sites for hydroxylation is 1. The predicted octanol–water partition coefficient (Wildman–Crippen LogP) is 5.84. The Morgan fingerprint density at radius 3 is 2.54 bits per heavy atom. The third-order valence-corrected chi connectivity index (χ3v) is 7.73. The monoisotopic (exact) mass is 557 g/mol. The lowest BCUT2D eigenvalue weighted by Gasteiger charge is -2.04. The Bertz CT molecular complexity index is 2150. The lowest BCUT2D eigenvalue weighted by Crippen LogP contribution is -2.23. The minimum Gasteiger partial charge on any atom is -0.490 e. The summed E-state index contributed by atoms with van der Waals surface area (Å²) in [7, 11) is 0. The van der Waals surface area contributed by atoms with Crippen molar-refractivity contribution in [2.24, 2.45) is 0 Å². The summed E-state index contributed by atoms with van der Waals surface area (Å²) in [6.07, 6.45) is 5.47. The SMILES string of the molecule is C=CCOc1ccc(-c2nn(-c3ccccc3)cc2C=c2sc3nc(-c4oc5ccccc5c4C)nn3c2=O)cc1.